The molecular weight excluding hydrogens is 236 g/mol. The van der Waals surface area contributed by atoms with E-state index >= 15 is 0 Å². The highest BCUT2D eigenvalue weighted by Crippen LogP contribution is 2.30. The van der Waals surface area contributed by atoms with Gasteiger partial charge in [-0.05, 0) is 38.1 Å². The number of amides is 1. The van der Waals surface area contributed by atoms with Crippen molar-refractivity contribution < 1.29 is 9.53 Å². The van der Waals surface area contributed by atoms with Gasteiger partial charge in [-0.25, -0.2) is 0 Å². The van der Waals surface area contributed by atoms with Gasteiger partial charge in [-0.2, -0.15) is 11.8 Å². The Labute approximate surface area is 107 Å². The number of thioether (sulfide) groups is 1. The highest BCUT2D eigenvalue weighted by atomic mass is 32.2. The fourth-order valence-electron chi connectivity index (χ4n) is 2.61. The Morgan fingerprint density at radius 2 is 2.29 bits per heavy atom. The summed E-state index contributed by atoms with van der Waals surface area (Å²) < 4.78 is 5.28. The van der Waals surface area contributed by atoms with E-state index in [0.717, 1.165) is 38.1 Å². The molecule has 0 aromatic heterocycles. The molecule has 0 aromatic rings. The molecule has 2 aliphatic rings. The normalized spacial score (nSPS) is 27.9. The number of methoxy groups -OCH3 is 1. The first-order valence-corrected chi connectivity index (χ1v) is 7.51. The minimum Gasteiger partial charge on any atom is -0.384 e. The van der Waals surface area contributed by atoms with E-state index in [1.54, 1.807) is 7.11 Å². The van der Waals surface area contributed by atoms with Crippen molar-refractivity contribution in [3.63, 3.8) is 0 Å². The molecule has 0 bridgehead atoms. The van der Waals surface area contributed by atoms with E-state index in [-0.39, 0.29) is 11.3 Å². The summed E-state index contributed by atoms with van der Waals surface area (Å²) in [5.74, 6) is 2.44. The molecule has 4 nitrogen and oxygen atoms in total. The van der Waals surface area contributed by atoms with Crippen molar-refractivity contribution in [1.82, 2.24) is 10.6 Å². The number of ether oxygens (including phenoxy) is 1. The van der Waals surface area contributed by atoms with Crippen LogP contribution in [-0.4, -0.2) is 50.3 Å². The van der Waals surface area contributed by atoms with Crippen LogP contribution in [-0.2, 0) is 9.53 Å². The van der Waals surface area contributed by atoms with Gasteiger partial charge >= 0.3 is 0 Å². The number of hydrogen-bond acceptors (Lipinski definition) is 4. The van der Waals surface area contributed by atoms with E-state index in [0.29, 0.717) is 12.6 Å². The number of rotatable bonds is 4. The number of nitrogens with one attached hydrogen (secondary N) is 2. The lowest BCUT2D eigenvalue weighted by Crippen LogP contribution is -2.52. The standard InChI is InChI=1S/C12H22N2O2S/c1-16-9-12(3-5-13-6-4-12)11(15)14-10-2-7-17-8-10/h10,13H,2-9H2,1H3,(H,14,15). The summed E-state index contributed by atoms with van der Waals surface area (Å²) in [5.41, 5.74) is -0.298. The number of carbonyl (C=O) groups excluding carboxylic acids is 1. The fourth-order valence-corrected chi connectivity index (χ4v) is 3.76. The van der Waals surface area contributed by atoms with Crippen molar-refractivity contribution in [3.05, 3.63) is 0 Å². The van der Waals surface area contributed by atoms with Gasteiger partial charge in [0, 0.05) is 18.9 Å². The first-order valence-electron chi connectivity index (χ1n) is 6.35. The molecular formula is C12H22N2O2S. The van der Waals surface area contributed by atoms with Crippen LogP contribution in [0.1, 0.15) is 19.3 Å². The Hall–Kier alpha value is -0.260. The minimum absolute atomic E-state index is 0.202. The summed E-state index contributed by atoms with van der Waals surface area (Å²) in [6, 6.07) is 0.371. The third kappa shape index (κ3) is 3.14. The van der Waals surface area contributed by atoms with Crippen LogP contribution in [0.4, 0.5) is 0 Å². The van der Waals surface area contributed by atoms with Gasteiger partial charge in [0.1, 0.15) is 0 Å². The number of carbonyl (C=O) groups is 1. The quantitative estimate of drug-likeness (QED) is 0.776. The van der Waals surface area contributed by atoms with Gasteiger partial charge < -0.3 is 15.4 Å². The van der Waals surface area contributed by atoms with Crippen LogP contribution in [0.15, 0.2) is 0 Å². The second kappa shape index (κ2) is 6.07. The molecule has 0 spiro atoms. The molecule has 0 aromatic carbocycles. The zero-order valence-electron chi connectivity index (χ0n) is 10.5. The van der Waals surface area contributed by atoms with Crippen molar-refractivity contribution >= 4 is 17.7 Å². The topological polar surface area (TPSA) is 50.4 Å². The monoisotopic (exact) mass is 258 g/mol. The molecule has 1 amide bonds. The first kappa shape index (κ1) is 13.2. The molecule has 1 unspecified atom stereocenters. The highest BCUT2D eigenvalue weighted by Gasteiger charge is 2.40. The molecule has 2 aliphatic heterocycles. The summed E-state index contributed by atoms with van der Waals surface area (Å²) in [6.45, 7) is 2.37. The fraction of sp³-hybridized carbons (Fsp3) is 0.917. The van der Waals surface area contributed by atoms with Gasteiger partial charge in [0.2, 0.25) is 5.91 Å². The molecule has 17 heavy (non-hydrogen) atoms. The van der Waals surface area contributed by atoms with Crippen molar-refractivity contribution in [2.75, 3.05) is 38.3 Å². The SMILES string of the molecule is COCC1(C(=O)NC2CCSC2)CCNCC1. The Bertz CT molecular complexity index is 256. The average molecular weight is 258 g/mol. The molecule has 2 saturated heterocycles. The van der Waals surface area contributed by atoms with Crippen LogP contribution < -0.4 is 10.6 Å². The lowest BCUT2D eigenvalue weighted by molar-refractivity contribution is -0.136. The maximum atomic E-state index is 12.4. The van der Waals surface area contributed by atoms with Crippen LogP contribution in [0.25, 0.3) is 0 Å². The second-order valence-electron chi connectivity index (χ2n) is 5.00. The Kier molecular flexibility index (Phi) is 4.70. The summed E-state index contributed by atoms with van der Waals surface area (Å²) in [4.78, 5) is 12.4. The predicted molar refractivity (Wildman–Crippen MR) is 70.3 cm³/mol. The van der Waals surface area contributed by atoms with Crippen LogP contribution in [0.3, 0.4) is 0 Å². The van der Waals surface area contributed by atoms with E-state index in [4.69, 9.17) is 4.74 Å². The zero-order valence-corrected chi connectivity index (χ0v) is 11.3. The highest BCUT2D eigenvalue weighted by molar-refractivity contribution is 7.99. The van der Waals surface area contributed by atoms with Crippen LogP contribution in [0.5, 0.6) is 0 Å². The molecule has 2 heterocycles. The van der Waals surface area contributed by atoms with Gasteiger partial charge in [0.15, 0.2) is 0 Å². The molecule has 2 N–H and O–H groups in total. The van der Waals surface area contributed by atoms with E-state index < -0.39 is 0 Å². The average Bonchev–Trinajstić information content (AvgIpc) is 2.83. The van der Waals surface area contributed by atoms with Gasteiger partial charge in [-0.1, -0.05) is 0 Å². The van der Waals surface area contributed by atoms with E-state index in [2.05, 4.69) is 10.6 Å². The van der Waals surface area contributed by atoms with Crippen LogP contribution >= 0.6 is 11.8 Å². The summed E-state index contributed by atoms with van der Waals surface area (Å²) in [7, 11) is 1.68. The van der Waals surface area contributed by atoms with E-state index in [9.17, 15) is 4.79 Å². The molecule has 2 rings (SSSR count). The zero-order chi connectivity index (χ0) is 12.1. The van der Waals surface area contributed by atoms with Crippen molar-refractivity contribution in [2.24, 2.45) is 5.41 Å². The Morgan fingerprint density at radius 3 is 2.88 bits per heavy atom. The maximum absolute atomic E-state index is 12.4. The minimum atomic E-state index is -0.298. The van der Waals surface area contributed by atoms with Crippen molar-refractivity contribution in [2.45, 2.75) is 25.3 Å². The lowest BCUT2D eigenvalue weighted by atomic mass is 9.78. The molecule has 0 radical (unpaired) electrons. The first-order chi connectivity index (χ1) is 8.27. The smallest absolute Gasteiger partial charge is 0.228 e. The van der Waals surface area contributed by atoms with E-state index in [1.165, 1.54) is 5.75 Å². The Balaban J connectivity index is 1.96. The van der Waals surface area contributed by atoms with Crippen LogP contribution in [0, 0.1) is 5.41 Å². The summed E-state index contributed by atoms with van der Waals surface area (Å²) in [6.07, 6.45) is 2.87. The third-order valence-electron chi connectivity index (χ3n) is 3.73. The molecule has 98 valence electrons. The molecule has 2 fully saturated rings. The summed E-state index contributed by atoms with van der Waals surface area (Å²) >= 11 is 1.92. The summed E-state index contributed by atoms with van der Waals surface area (Å²) in [5, 5.41) is 6.51. The molecule has 0 aliphatic carbocycles. The molecule has 0 saturated carbocycles. The van der Waals surface area contributed by atoms with Crippen LogP contribution in [0.2, 0.25) is 0 Å². The lowest BCUT2D eigenvalue weighted by Gasteiger charge is -2.36. The predicted octanol–water partition coefficient (Wildman–Crippen LogP) is 0.624. The molecule has 1 atom stereocenters. The van der Waals surface area contributed by atoms with Gasteiger partial charge in [0.25, 0.3) is 0 Å². The third-order valence-corrected chi connectivity index (χ3v) is 4.89. The second-order valence-corrected chi connectivity index (χ2v) is 6.15. The maximum Gasteiger partial charge on any atom is 0.228 e. The van der Waals surface area contributed by atoms with Gasteiger partial charge in [0.05, 0.1) is 12.0 Å². The van der Waals surface area contributed by atoms with Crippen molar-refractivity contribution in [1.29, 1.82) is 0 Å². The van der Waals surface area contributed by atoms with E-state index in [1.807, 2.05) is 11.8 Å². The Morgan fingerprint density at radius 1 is 1.53 bits per heavy atom. The van der Waals surface area contributed by atoms with Gasteiger partial charge in [-0.3, -0.25) is 4.79 Å². The van der Waals surface area contributed by atoms with Gasteiger partial charge in [-0.15, -0.1) is 0 Å². The number of hydrogen-bond donors (Lipinski definition) is 2. The van der Waals surface area contributed by atoms with Crippen molar-refractivity contribution in [3.8, 4) is 0 Å². The molecule has 5 heteroatoms. The number of piperidine rings is 1. The largest absolute Gasteiger partial charge is 0.384 e.